The summed E-state index contributed by atoms with van der Waals surface area (Å²) in [4.78, 5) is 35.1. The molecule has 1 aliphatic heterocycles. The maximum absolute atomic E-state index is 15.4. The van der Waals surface area contributed by atoms with Crippen molar-refractivity contribution < 1.29 is 33.3 Å². The fraction of sp³-hybridized carbons (Fsp3) is 0.250. The van der Waals surface area contributed by atoms with Crippen molar-refractivity contribution in [3.05, 3.63) is 71.5 Å². The number of hydrogen-bond donors (Lipinski definition) is 2. The summed E-state index contributed by atoms with van der Waals surface area (Å²) in [5, 5.41) is 13.4. The largest absolute Gasteiger partial charge is 0.481 e. The average Bonchev–Trinajstić information content (AvgIpc) is 2.98. The van der Waals surface area contributed by atoms with Gasteiger partial charge in [0, 0.05) is 23.9 Å². The number of carbonyl (C=O) groups excluding carboxylic acids is 1. The van der Waals surface area contributed by atoms with Gasteiger partial charge < -0.3 is 24.2 Å². The van der Waals surface area contributed by atoms with Crippen molar-refractivity contribution in [1.29, 1.82) is 0 Å². The Morgan fingerprint density at radius 2 is 1.69 bits per heavy atom. The number of hydrogen-bond acceptors (Lipinski definition) is 8. The van der Waals surface area contributed by atoms with E-state index in [4.69, 9.17) is 14.2 Å². The molecule has 1 amide bonds. The first-order valence-electron chi connectivity index (χ1n) is 10.5. The number of likely N-dealkylation sites (N-methyl/N-ethyl adjacent to an activating group) is 1. The van der Waals surface area contributed by atoms with E-state index in [1.165, 1.54) is 43.4 Å². The fourth-order valence-corrected chi connectivity index (χ4v) is 4.13. The zero-order chi connectivity index (χ0) is 25.2. The van der Waals surface area contributed by atoms with Crippen LogP contribution >= 0.6 is 0 Å². The number of carbonyl (C=O) groups is 2. The Kier molecular flexibility index (Phi) is 6.52. The van der Waals surface area contributed by atoms with Crippen molar-refractivity contribution in [3.63, 3.8) is 0 Å². The maximum Gasteiger partial charge on any atom is 0.347 e. The number of ether oxygens (including phenoxy) is 3. The minimum atomic E-state index is -1.85. The van der Waals surface area contributed by atoms with Crippen molar-refractivity contribution >= 4 is 17.6 Å². The number of rotatable bonds is 7. The summed E-state index contributed by atoms with van der Waals surface area (Å²) in [5.74, 6) is -2.34. The van der Waals surface area contributed by atoms with E-state index in [-0.39, 0.29) is 35.8 Å². The highest BCUT2D eigenvalue weighted by molar-refractivity contribution is 5.97. The predicted molar refractivity (Wildman–Crippen MR) is 122 cm³/mol. The molecule has 0 aliphatic carbocycles. The molecule has 0 spiro atoms. The SMILES string of the molecule is COc1cc(OC)nc(O[C@H](C(=O)O)[C@@]2(c3ccccc3F)NCC(=O)N(C)c3ccccc32)n1. The Morgan fingerprint density at radius 3 is 2.29 bits per heavy atom. The first kappa shape index (κ1) is 23.9. The number of aromatic nitrogens is 2. The smallest absolute Gasteiger partial charge is 0.347 e. The fourth-order valence-electron chi connectivity index (χ4n) is 4.13. The summed E-state index contributed by atoms with van der Waals surface area (Å²) in [6, 6.07) is 13.4. The lowest BCUT2D eigenvalue weighted by atomic mass is 9.76. The number of carboxylic acid groups (broad SMARTS) is 1. The zero-order valence-electron chi connectivity index (χ0n) is 19.2. The monoisotopic (exact) mass is 482 g/mol. The highest BCUT2D eigenvalue weighted by atomic mass is 19.1. The van der Waals surface area contributed by atoms with Crippen molar-refractivity contribution in [3.8, 4) is 17.8 Å². The van der Waals surface area contributed by atoms with Crippen LogP contribution < -0.4 is 24.4 Å². The molecule has 0 saturated carbocycles. The quantitative estimate of drug-likeness (QED) is 0.520. The van der Waals surface area contributed by atoms with E-state index < -0.39 is 23.4 Å². The van der Waals surface area contributed by atoms with Gasteiger partial charge in [-0.3, -0.25) is 10.1 Å². The number of halogens is 1. The second-order valence-electron chi connectivity index (χ2n) is 7.68. The second kappa shape index (κ2) is 9.55. The Bertz CT molecular complexity index is 1250. The Morgan fingerprint density at radius 1 is 1.09 bits per heavy atom. The van der Waals surface area contributed by atoms with Crippen molar-refractivity contribution in [1.82, 2.24) is 15.3 Å². The summed E-state index contributed by atoms with van der Waals surface area (Å²) in [6.07, 6.45) is -1.82. The summed E-state index contributed by atoms with van der Waals surface area (Å²) in [5.41, 5.74) is -1.17. The van der Waals surface area contributed by atoms with E-state index in [1.54, 1.807) is 37.4 Å². The molecule has 0 saturated heterocycles. The molecular formula is C24H23FN4O6. The molecule has 1 aromatic heterocycles. The van der Waals surface area contributed by atoms with Crippen molar-refractivity contribution in [2.45, 2.75) is 11.6 Å². The predicted octanol–water partition coefficient (Wildman–Crippen LogP) is 1.97. The molecule has 0 fully saturated rings. The van der Waals surface area contributed by atoms with Crippen LogP contribution in [0.2, 0.25) is 0 Å². The number of carboxylic acids is 1. The van der Waals surface area contributed by atoms with Gasteiger partial charge in [0.05, 0.1) is 26.8 Å². The number of methoxy groups -OCH3 is 2. The van der Waals surface area contributed by atoms with E-state index in [0.717, 1.165) is 0 Å². The van der Waals surface area contributed by atoms with Gasteiger partial charge in [-0.15, -0.1) is 0 Å². The lowest BCUT2D eigenvalue weighted by Crippen LogP contribution is -2.59. The summed E-state index contributed by atoms with van der Waals surface area (Å²) < 4.78 is 31.5. The molecule has 0 unspecified atom stereocenters. The number of nitrogens with one attached hydrogen (secondary N) is 1. The molecular weight excluding hydrogens is 459 g/mol. The number of nitrogens with zero attached hydrogens (tertiary/aromatic N) is 3. The van der Waals surface area contributed by atoms with Gasteiger partial charge in [0.15, 0.2) is 0 Å². The molecule has 35 heavy (non-hydrogen) atoms. The molecule has 2 heterocycles. The minimum absolute atomic E-state index is 0.0298. The van der Waals surface area contributed by atoms with Crippen molar-refractivity contribution in [2.24, 2.45) is 0 Å². The molecule has 10 nitrogen and oxygen atoms in total. The van der Waals surface area contributed by atoms with Crippen LogP contribution in [0.15, 0.2) is 54.6 Å². The molecule has 2 atom stereocenters. The van der Waals surface area contributed by atoms with Crippen LogP contribution in [0.3, 0.4) is 0 Å². The maximum atomic E-state index is 15.4. The van der Waals surface area contributed by atoms with Crippen LogP contribution in [0.1, 0.15) is 11.1 Å². The molecule has 182 valence electrons. The zero-order valence-corrected chi connectivity index (χ0v) is 19.2. The third-order valence-electron chi connectivity index (χ3n) is 5.80. The first-order chi connectivity index (χ1) is 16.8. The number of fused-ring (bicyclic) bond motifs is 1. The molecule has 2 aromatic carbocycles. The van der Waals surface area contributed by atoms with Gasteiger partial charge in [-0.2, -0.15) is 9.97 Å². The molecule has 3 aromatic rings. The van der Waals surface area contributed by atoms with Crippen LogP contribution in [0.25, 0.3) is 0 Å². The second-order valence-corrected chi connectivity index (χ2v) is 7.68. The van der Waals surface area contributed by atoms with Crippen molar-refractivity contribution in [2.75, 3.05) is 32.7 Å². The Balaban J connectivity index is 2.00. The third kappa shape index (κ3) is 4.21. The Hall–Kier alpha value is -4.25. The lowest BCUT2D eigenvalue weighted by Gasteiger charge is -2.39. The van der Waals surface area contributed by atoms with E-state index in [9.17, 15) is 14.7 Å². The summed E-state index contributed by atoms with van der Waals surface area (Å²) in [6.45, 7) is -0.297. The highest BCUT2D eigenvalue weighted by Crippen LogP contribution is 2.42. The summed E-state index contributed by atoms with van der Waals surface area (Å²) >= 11 is 0. The van der Waals surface area contributed by atoms with E-state index in [2.05, 4.69) is 15.3 Å². The van der Waals surface area contributed by atoms with E-state index >= 15 is 4.39 Å². The number of benzene rings is 2. The average molecular weight is 482 g/mol. The molecule has 11 heteroatoms. The van der Waals surface area contributed by atoms with Crippen LogP contribution in [0.5, 0.6) is 17.8 Å². The van der Waals surface area contributed by atoms with E-state index in [1.807, 2.05) is 0 Å². The van der Waals surface area contributed by atoms with Crippen LogP contribution in [0, 0.1) is 5.82 Å². The normalized spacial score (nSPS) is 18.3. The standard InChI is InChI=1S/C24H23FN4O6/c1-29-17-11-7-5-9-15(17)24(26-13-20(29)30,14-8-4-6-10-16(14)25)21(22(31)32)35-23-27-18(33-2)12-19(28-23)34-3/h4-12,21,26H,13H2,1-3H3,(H,31,32)/t21-,24+/m1/s1. The molecule has 0 radical (unpaired) electrons. The molecule has 4 rings (SSSR count). The lowest BCUT2D eigenvalue weighted by molar-refractivity contribution is -0.149. The Labute approximate surface area is 200 Å². The highest BCUT2D eigenvalue weighted by Gasteiger charge is 2.53. The van der Waals surface area contributed by atoms with Crippen LogP contribution in [-0.2, 0) is 15.1 Å². The molecule has 1 aliphatic rings. The third-order valence-corrected chi connectivity index (χ3v) is 5.80. The molecule has 2 N–H and O–H groups in total. The van der Waals surface area contributed by atoms with Gasteiger partial charge in [-0.05, 0) is 12.1 Å². The van der Waals surface area contributed by atoms with Gasteiger partial charge in [0.25, 0.3) is 0 Å². The summed E-state index contributed by atoms with van der Waals surface area (Å²) in [7, 11) is 4.30. The van der Waals surface area contributed by atoms with Gasteiger partial charge in [-0.1, -0.05) is 36.4 Å². The van der Waals surface area contributed by atoms with Crippen LogP contribution in [-0.4, -0.2) is 60.9 Å². The van der Waals surface area contributed by atoms with Gasteiger partial charge in [0.2, 0.25) is 23.8 Å². The minimum Gasteiger partial charge on any atom is -0.481 e. The van der Waals surface area contributed by atoms with Gasteiger partial charge in [-0.25, -0.2) is 9.18 Å². The van der Waals surface area contributed by atoms with Gasteiger partial charge >= 0.3 is 12.0 Å². The van der Waals surface area contributed by atoms with Gasteiger partial charge in [0.1, 0.15) is 11.4 Å². The number of aliphatic carboxylic acids is 1. The van der Waals surface area contributed by atoms with E-state index in [0.29, 0.717) is 11.3 Å². The number of amides is 1. The number of para-hydroxylation sites is 1. The topological polar surface area (TPSA) is 123 Å². The molecule has 0 bridgehead atoms. The first-order valence-corrected chi connectivity index (χ1v) is 10.5. The number of anilines is 1. The van der Waals surface area contributed by atoms with Crippen LogP contribution in [0.4, 0.5) is 10.1 Å².